The monoisotopic (exact) mass is 366 g/mol. The molecule has 6 heteroatoms. The van der Waals surface area contributed by atoms with Gasteiger partial charge >= 0.3 is 12.1 Å². The maximum atomic E-state index is 12.7. The predicted molar refractivity (Wildman–Crippen MR) is 90.9 cm³/mol. The summed E-state index contributed by atoms with van der Waals surface area (Å²) in [6.07, 6.45) is 0.800. The number of hydrogen-bond acceptors (Lipinski definition) is 3. The van der Waals surface area contributed by atoms with Gasteiger partial charge in [0.1, 0.15) is 17.1 Å². The van der Waals surface area contributed by atoms with Crippen LogP contribution < -0.4 is 0 Å². The molecule has 1 aliphatic carbocycles. The van der Waals surface area contributed by atoms with Crippen LogP contribution in [0.3, 0.4) is 0 Å². The number of halogens is 3. The van der Waals surface area contributed by atoms with E-state index >= 15 is 0 Å². The summed E-state index contributed by atoms with van der Waals surface area (Å²) in [7, 11) is 0. The highest BCUT2D eigenvalue weighted by Crippen LogP contribution is 2.39. The number of alkyl halides is 3. The Morgan fingerprint density at radius 1 is 1.15 bits per heavy atom. The summed E-state index contributed by atoms with van der Waals surface area (Å²) in [6, 6.07) is 6.34. The molecule has 0 saturated heterocycles. The molecular formula is C20H21F3O3. The predicted octanol–water partition coefficient (Wildman–Crippen LogP) is 6.19. The van der Waals surface area contributed by atoms with Crippen molar-refractivity contribution < 1.29 is 27.1 Å². The molecule has 0 atom stereocenters. The lowest BCUT2D eigenvalue weighted by Gasteiger charge is -2.20. The molecule has 0 amide bonds. The van der Waals surface area contributed by atoms with Gasteiger partial charge in [-0.25, -0.2) is 4.79 Å². The zero-order chi connectivity index (χ0) is 18.7. The molecule has 3 nitrogen and oxygen atoms in total. The zero-order valence-electron chi connectivity index (χ0n) is 14.6. The van der Waals surface area contributed by atoms with Crippen molar-refractivity contribution in [1.82, 2.24) is 0 Å². The zero-order valence-corrected chi connectivity index (χ0v) is 14.6. The van der Waals surface area contributed by atoms with Crippen LogP contribution in [0.1, 0.15) is 66.6 Å². The first-order valence-electron chi connectivity index (χ1n) is 8.88. The van der Waals surface area contributed by atoms with Crippen LogP contribution in [0.5, 0.6) is 0 Å². The van der Waals surface area contributed by atoms with Gasteiger partial charge in [0.15, 0.2) is 0 Å². The fourth-order valence-electron chi connectivity index (χ4n) is 3.41. The minimum atomic E-state index is -4.38. The first-order valence-corrected chi connectivity index (χ1v) is 8.88. The summed E-state index contributed by atoms with van der Waals surface area (Å²) < 4.78 is 49.3. The highest BCUT2D eigenvalue weighted by Gasteiger charge is 2.31. The van der Waals surface area contributed by atoms with Crippen molar-refractivity contribution >= 4 is 5.97 Å². The van der Waals surface area contributed by atoms with E-state index in [4.69, 9.17) is 9.15 Å². The quantitative estimate of drug-likeness (QED) is 0.606. The first kappa shape index (κ1) is 18.5. The summed E-state index contributed by atoms with van der Waals surface area (Å²) in [5, 5.41) is 0. The molecular weight excluding hydrogens is 345 g/mol. The van der Waals surface area contributed by atoms with Gasteiger partial charge in [0.2, 0.25) is 0 Å². The van der Waals surface area contributed by atoms with Crippen molar-refractivity contribution in [2.24, 2.45) is 0 Å². The Labute approximate surface area is 150 Å². The van der Waals surface area contributed by atoms with Crippen LogP contribution in [0.25, 0.3) is 11.3 Å². The van der Waals surface area contributed by atoms with Gasteiger partial charge in [-0.05, 0) is 38.0 Å². The molecule has 1 aromatic heterocycles. The van der Waals surface area contributed by atoms with Crippen molar-refractivity contribution in [3.8, 4) is 11.3 Å². The van der Waals surface area contributed by atoms with Crippen molar-refractivity contribution in [2.75, 3.05) is 6.61 Å². The van der Waals surface area contributed by atoms with Crippen LogP contribution in [-0.4, -0.2) is 12.6 Å². The molecule has 1 aromatic carbocycles. The van der Waals surface area contributed by atoms with Crippen LogP contribution in [0.4, 0.5) is 13.2 Å². The SMILES string of the molecule is CCOC(=O)c1cc(-c2ccc(C(F)(F)F)cc2)oc1C1CCCCC1. The van der Waals surface area contributed by atoms with E-state index in [9.17, 15) is 18.0 Å². The number of benzene rings is 1. The molecule has 140 valence electrons. The molecule has 0 N–H and O–H groups in total. The third-order valence-electron chi connectivity index (χ3n) is 4.73. The van der Waals surface area contributed by atoms with Gasteiger partial charge in [-0.2, -0.15) is 13.2 Å². The maximum Gasteiger partial charge on any atom is 0.416 e. The number of hydrogen-bond donors (Lipinski definition) is 0. The Morgan fingerprint density at radius 2 is 1.81 bits per heavy atom. The number of ether oxygens (including phenoxy) is 1. The van der Waals surface area contributed by atoms with Crippen LogP contribution in [-0.2, 0) is 10.9 Å². The van der Waals surface area contributed by atoms with Gasteiger partial charge in [-0.3, -0.25) is 0 Å². The fraction of sp³-hybridized carbons (Fsp3) is 0.450. The van der Waals surface area contributed by atoms with Gasteiger partial charge in [-0.15, -0.1) is 0 Å². The first-order chi connectivity index (χ1) is 12.4. The number of rotatable bonds is 4. The summed E-state index contributed by atoms with van der Waals surface area (Å²) in [4.78, 5) is 12.3. The molecule has 1 saturated carbocycles. The molecule has 2 aromatic rings. The average molecular weight is 366 g/mol. The van der Waals surface area contributed by atoms with Crippen LogP contribution in [0.15, 0.2) is 34.7 Å². The van der Waals surface area contributed by atoms with E-state index in [1.807, 2.05) is 0 Å². The molecule has 1 aliphatic rings. The van der Waals surface area contributed by atoms with Crippen molar-refractivity contribution in [1.29, 1.82) is 0 Å². The van der Waals surface area contributed by atoms with Gasteiger partial charge in [0.25, 0.3) is 0 Å². The Bertz CT molecular complexity index is 754. The lowest BCUT2D eigenvalue weighted by molar-refractivity contribution is -0.137. The minimum Gasteiger partial charge on any atom is -0.462 e. The number of furan rings is 1. The molecule has 0 aliphatic heterocycles. The second-order valence-corrected chi connectivity index (χ2v) is 6.52. The molecule has 0 unspecified atom stereocenters. The summed E-state index contributed by atoms with van der Waals surface area (Å²) in [6.45, 7) is 1.98. The third kappa shape index (κ3) is 3.94. The smallest absolute Gasteiger partial charge is 0.416 e. The maximum absolute atomic E-state index is 12.7. The molecule has 3 rings (SSSR count). The van der Waals surface area contributed by atoms with Crippen molar-refractivity contribution in [3.63, 3.8) is 0 Å². The molecule has 26 heavy (non-hydrogen) atoms. The Hall–Kier alpha value is -2.24. The fourth-order valence-corrected chi connectivity index (χ4v) is 3.41. The molecule has 1 fully saturated rings. The van der Waals surface area contributed by atoms with E-state index in [1.165, 1.54) is 12.1 Å². The van der Waals surface area contributed by atoms with E-state index in [0.29, 0.717) is 22.6 Å². The van der Waals surface area contributed by atoms with Gasteiger partial charge in [0.05, 0.1) is 12.2 Å². The number of carbonyl (C=O) groups excluding carboxylic acids is 1. The highest BCUT2D eigenvalue weighted by molar-refractivity contribution is 5.92. The third-order valence-corrected chi connectivity index (χ3v) is 4.73. The number of carbonyl (C=O) groups is 1. The highest BCUT2D eigenvalue weighted by atomic mass is 19.4. The van der Waals surface area contributed by atoms with Gasteiger partial charge in [0, 0.05) is 11.5 Å². The minimum absolute atomic E-state index is 0.145. The number of esters is 1. The average Bonchev–Trinajstić information content (AvgIpc) is 3.07. The molecule has 0 bridgehead atoms. The van der Waals surface area contributed by atoms with Crippen LogP contribution in [0, 0.1) is 0 Å². The van der Waals surface area contributed by atoms with E-state index < -0.39 is 17.7 Å². The second kappa shape index (κ2) is 7.56. The van der Waals surface area contributed by atoms with Crippen LogP contribution in [0.2, 0.25) is 0 Å². The standard InChI is InChI=1S/C20H21F3O3/c1-2-25-19(24)16-12-17(26-18(16)14-6-4-3-5-7-14)13-8-10-15(11-9-13)20(21,22)23/h8-12,14H,2-7H2,1H3. The van der Waals surface area contributed by atoms with Gasteiger partial charge in [-0.1, -0.05) is 31.4 Å². The van der Waals surface area contributed by atoms with Crippen molar-refractivity contribution in [3.05, 3.63) is 47.2 Å². The lowest BCUT2D eigenvalue weighted by atomic mass is 9.86. The van der Waals surface area contributed by atoms with E-state index in [0.717, 1.165) is 44.2 Å². The Balaban J connectivity index is 1.95. The van der Waals surface area contributed by atoms with E-state index in [1.54, 1.807) is 13.0 Å². The Kier molecular flexibility index (Phi) is 5.39. The lowest BCUT2D eigenvalue weighted by Crippen LogP contribution is -2.11. The Morgan fingerprint density at radius 3 is 2.38 bits per heavy atom. The van der Waals surface area contributed by atoms with Crippen molar-refractivity contribution in [2.45, 2.75) is 51.1 Å². The van der Waals surface area contributed by atoms with E-state index in [-0.39, 0.29) is 12.5 Å². The van der Waals surface area contributed by atoms with Crippen LogP contribution >= 0.6 is 0 Å². The topological polar surface area (TPSA) is 39.4 Å². The molecule has 1 heterocycles. The second-order valence-electron chi connectivity index (χ2n) is 6.52. The largest absolute Gasteiger partial charge is 0.462 e. The summed E-state index contributed by atoms with van der Waals surface area (Å²) >= 11 is 0. The normalized spacial score (nSPS) is 15.8. The summed E-state index contributed by atoms with van der Waals surface area (Å²) in [5.74, 6) is 0.682. The van der Waals surface area contributed by atoms with E-state index in [2.05, 4.69) is 0 Å². The summed E-state index contributed by atoms with van der Waals surface area (Å²) in [5.41, 5.74) is 0.171. The molecule has 0 radical (unpaired) electrons. The van der Waals surface area contributed by atoms with Gasteiger partial charge < -0.3 is 9.15 Å². The molecule has 0 spiro atoms.